The van der Waals surface area contributed by atoms with E-state index < -0.39 is 0 Å². The van der Waals surface area contributed by atoms with E-state index in [0.717, 1.165) is 37.0 Å². The molecule has 0 fully saturated rings. The second-order valence-electron chi connectivity index (χ2n) is 15.8. The lowest BCUT2D eigenvalue weighted by Crippen LogP contribution is -2.18. The average Bonchev–Trinajstić information content (AvgIpc) is 3.68. The molecule has 4 aromatic carbocycles. The summed E-state index contributed by atoms with van der Waals surface area (Å²) in [4.78, 5) is 0. The highest BCUT2D eigenvalue weighted by Gasteiger charge is 2.29. The third-order valence-electron chi connectivity index (χ3n) is 12.3. The zero-order valence-electron chi connectivity index (χ0n) is 31.3. The van der Waals surface area contributed by atoms with Crippen molar-refractivity contribution in [2.75, 3.05) is 0 Å². The van der Waals surface area contributed by atoms with E-state index in [1.807, 2.05) is 0 Å². The van der Waals surface area contributed by atoms with Crippen LogP contribution in [0, 0.1) is 17.8 Å². The maximum absolute atomic E-state index is 2.67. The van der Waals surface area contributed by atoms with Gasteiger partial charge in [0.05, 0.1) is 11.0 Å². The number of fused-ring (bicyclic) bond motifs is 6. The van der Waals surface area contributed by atoms with Gasteiger partial charge in [0.2, 0.25) is 0 Å². The second-order valence-corrected chi connectivity index (χ2v) is 15.8. The lowest BCUT2D eigenvalue weighted by Gasteiger charge is -2.27. The number of allylic oxidation sites excluding steroid dienone is 2. The van der Waals surface area contributed by atoms with Crippen LogP contribution in [0.2, 0.25) is 0 Å². The fourth-order valence-electron chi connectivity index (χ4n) is 9.33. The van der Waals surface area contributed by atoms with Gasteiger partial charge in [0.15, 0.2) is 0 Å². The standard InChI is InChI=1S/C49H54N2/c1-6-15-34(4)39(28-33(3)7-2)29-36-17-13-19-40(30-36)51-48-27-26-38(32-45(48)44-23-12-16-35(5)49(44)51)37-18-14-20-41(31-37)50-46-24-10-8-21-42(46)43-22-9-11-25-47(43)50/h8-14,17-25,30-35,39H,6-7,15-16,26-29H2,1-5H3. The molecule has 0 saturated carbocycles. The molecule has 0 radical (unpaired) electrons. The first kappa shape index (κ1) is 33.6. The van der Waals surface area contributed by atoms with Crippen LogP contribution in [0.5, 0.6) is 0 Å². The molecule has 8 rings (SSSR count). The fraction of sp³-hybridized carbons (Fsp3) is 0.347. The van der Waals surface area contributed by atoms with Crippen LogP contribution in [0.3, 0.4) is 0 Å². The Bertz CT molecular complexity index is 2200. The van der Waals surface area contributed by atoms with Crippen LogP contribution in [0.25, 0.3) is 50.9 Å². The summed E-state index contributed by atoms with van der Waals surface area (Å²) in [5, 5.41) is 2.61. The highest BCUT2D eigenvalue weighted by Crippen LogP contribution is 2.43. The molecule has 4 atom stereocenters. The Hall–Kier alpha value is -4.56. The van der Waals surface area contributed by atoms with Gasteiger partial charge in [-0.1, -0.05) is 127 Å². The number of para-hydroxylation sites is 2. The molecule has 0 aliphatic heterocycles. The topological polar surface area (TPSA) is 9.86 Å². The molecule has 2 aromatic heterocycles. The number of nitrogens with zero attached hydrogens (tertiary/aromatic N) is 2. The van der Waals surface area contributed by atoms with E-state index in [1.54, 1.807) is 0 Å². The molecule has 260 valence electrons. The Balaban J connectivity index is 1.18. The largest absolute Gasteiger partial charge is 0.316 e. The molecule has 0 spiro atoms. The van der Waals surface area contributed by atoms with Gasteiger partial charge in [0.1, 0.15) is 0 Å². The Kier molecular flexibility index (Phi) is 9.36. The normalized spacial score (nSPS) is 17.3. The summed E-state index contributed by atoms with van der Waals surface area (Å²) in [6, 6.07) is 36.5. The minimum absolute atomic E-state index is 0.484. The highest BCUT2D eigenvalue weighted by molar-refractivity contribution is 6.09. The summed E-state index contributed by atoms with van der Waals surface area (Å²) >= 11 is 0. The van der Waals surface area contributed by atoms with E-state index >= 15 is 0 Å². The van der Waals surface area contributed by atoms with Crippen molar-refractivity contribution in [2.24, 2.45) is 17.8 Å². The van der Waals surface area contributed by atoms with E-state index in [-0.39, 0.29) is 0 Å². The summed E-state index contributed by atoms with van der Waals surface area (Å²) in [6.45, 7) is 12.0. The molecule has 0 N–H and O–H groups in total. The van der Waals surface area contributed by atoms with Crippen molar-refractivity contribution in [3.05, 3.63) is 137 Å². The summed E-state index contributed by atoms with van der Waals surface area (Å²) in [5.74, 6) is 2.74. The smallest absolute Gasteiger partial charge is 0.0541 e. The molecule has 2 aliphatic carbocycles. The molecule has 2 aliphatic rings. The number of aromatic nitrogens is 2. The summed E-state index contributed by atoms with van der Waals surface area (Å²) < 4.78 is 5.11. The molecule has 2 heteroatoms. The van der Waals surface area contributed by atoms with E-state index in [4.69, 9.17) is 0 Å². The van der Waals surface area contributed by atoms with E-state index in [0.29, 0.717) is 5.92 Å². The number of hydrogen-bond acceptors (Lipinski definition) is 0. The number of benzene rings is 4. The van der Waals surface area contributed by atoms with Crippen LogP contribution in [-0.4, -0.2) is 9.13 Å². The average molecular weight is 671 g/mol. The van der Waals surface area contributed by atoms with Crippen LogP contribution < -0.4 is 0 Å². The van der Waals surface area contributed by atoms with Gasteiger partial charge in [-0.3, -0.25) is 0 Å². The zero-order valence-corrected chi connectivity index (χ0v) is 31.3. The lowest BCUT2D eigenvalue weighted by atomic mass is 9.79. The molecule has 51 heavy (non-hydrogen) atoms. The number of rotatable bonds is 11. The summed E-state index contributed by atoms with van der Waals surface area (Å²) in [7, 11) is 0. The molecule has 2 nitrogen and oxygen atoms in total. The summed E-state index contributed by atoms with van der Waals surface area (Å²) in [6.07, 6.45) is 16.9. The van der Waals surface area contributed by atoms with Gasteiger partial charge in [-0.15, -0.1) is 0 Å². The Morgan fingerprint density at radius 2 is 1.45 bits per heavy atom. The van der Waals surface area contributed by atoms with E-state index in [2.05, 4.69) is 159 Å². The molecule has 6 aromatic rings. The van der Waals surface area contributed by atoms with Crippen LogP contribution in [0.15, 0.2) is 103 Å². The Morgan fingerprint density at radius 3 is 2.18 bits per heavy atom. The first-order valence-electron chi connectivity index (χ1n) is 19.8. The van der Waals surface area contributed by atoms with Gasteiger partial charge in [-0.25, -0.2) is 0 Å². The zero-order chi connectivity index (χ0) is 35.1. The molecular formula is C49H54N2. The molecule has 2 heterocycles. The number of hydrogen-bond donors (Lipinski definition) is 0. The van der Waals surface area contributed by atoms with Gasteiger partial charge in [-0.05, 0) is 109 Å². The van der Waals surface area contributed by atoms with Crippen molar-refractivity contribution >= 4 is 39.5 Å². The Labute approximate surface area is 305 Å². The predicted molar refractivity (Wildman–Crippen MR) is 220 cm³/mol. The molecular weight excluding hydrogens is 617 g/mol. The first-order valence-corrected chi connectivity index (χ1v) is 19.8. The van der Waals surface area contributed by atoms with Crippen LogP contribution in [0.1, 0.15) is 113 Å². The van der Waals surface area contributed by atoms with Crippen molar-refractivity contribution in [3.63, 3.8) is 0 Å². The van der Waals surface area contributed by atoms with Gasteiger partial charge < -0.3 is 9.13 Å². The molecule has 4 unspecified atom stereocenters. The molecule has 0 amide bonds. The van der Waals surface area contributed by atoms with Crippen molar-refractivity contribution in [1.29, 1.82) is 0 Å². The Morgan fingerprint density at radius 1 is 0.745 bits per heavy atom. The monoisotopic (exact) mass is 670 g/mol. The maximum atomic E-state index is 2.67. The van der Waals surface area contributed by atoms with Gasteiger partial charge in [0, 0.05) is 50.6 Å². The minimum atomic E-state index is 0.484. The molecule has 0 bridgehead atoms. The predicted octanol–water partition coefficient (Wildman–Crippen LogP) is 13.6. The maximum Gasteiger partial charge on any atom is 0.0541 e. The lowest BCUT2D eigenvalue weighted by molar-refractivity contribution is 0.271. The minimum Gasteiger partial charge on any atom is -0.316 e. The van der Waals surface area contributed by atoms with E-state index in [1.165, 1.54) is 104 Å². The van der Waals surface area contributed by atoms with Gasteiger partial charge in [-0.2, -0.15) is 0 Å². The third kappa shape index (κ3) is 6.22. The van der Waals surface area contributed by atoms with Crippen LogP contribution in [-0.2, 0) is 12.8 Å². The van der Waals surface area contributed by atoms with Crippen LogP contribution >= 0.6 is 0 Å². The summed E-state index contributed by atoms with van der Waals surface area (Å²) in [5.41, 5.74) is 15.2. The van der Waals surface area contributed by atoms with Crippen molar-refractivity contribution in [1.82, 2.24) is 9.13 Å². The fourth-order valence-corrected chi connectivity index (χ4v) is 9.33. The van der Waals surface area contributed by atoms with Crippen molar-refractivity contribution in [2.45, 2.75) is 91.9 Å². The van der Waals surface area contributed by atoms with Gasteiger partial charge >= 0.3 is 0 Å². The third-order valence-corrected chi connectivity index (χ3v) is 12.3. The first-order chi connectivity index (χ1) is 24.9. The molecule has 0 saturated heterocycles. The highest BCUT2D eigenvalue weighted by atomic mass is 15.0. The van der Waals surface area contributed by atoms with Crippen LogP contribution in [0.4, 0.5) is 0 Å². The van der Waals surface area contributed by atoms with E-state index in [9.17, 15) is 0 Å². The van der Waals surface area contributed by atoms with Gasteiger partial charge in [0.25, 0.3) is 0 Å². The SMILES string of the molecule is CCCC(C)C(Cc1cccc(-n2c3c(c4c2C(C)CC=C4)C=C(c2cccc(-n4c5ccccc5c5ccccc54)c2)CC3)c1)CC(C)CC. The van der Waals surface area contributed by atoms with Crippen molar-refractivity contribution in [3.8, 4) is 11.4 Å². The second kappa shape index (κ2) is 14.2. The quantitative estimate of drug-likeness (QED) is 0.130. The van der Waals surface area contributed by atoms with Crippen molar-refractivity contribution < 1.29 is 0 Å².